The lowest BCUT2D eigenvalue weighted by Gasteiger charge is -2.20. The van der Waals surface area contributed by atoms with E-state index in [1.165, 1.54) is 11.3 Å². The number of rotatable bonds is 3. The quantitative estimate of drug-likeness (QED) is 0.881. The fourth-order valence-electron chi connectivity index (χ4n) is 1.85. The Bertz CT molecular complexity index is 637. The zero-order valence-electron chi connectivity index (χ0n) is 11.2. The third-order valence-electron chi connectivity index (χ3n) is 2.77. The lowest BCUT2D eigenvalue weighted by atomic mass is 10.2. The van der Waals surface area contributed by atoms with Crippen LogP contribution in [-0.4, -0.2) is 24.2 Å². The van der Waals surface area contributed by atoms with Crippen LogP contribution in [0.3, 0.4) is 0 Å². The minimum Gasteiger partial charge on any atom is -0.384 e. The van der Waals surface area contributed by atoms with E-state index in [2.05, 4.69) is 11.8 Å². The molecule has 0 aliphatic heterocycles. The number of para-hydroxylation sites is 1. The summed E-state index contributed by atoms with van der Waals surface area (Å²) in [5.74, 6) is 5.36. The van der Waals surface area contributed by atoms with Gasteiger partial charge in [-0.15, -0.1) is 11.3 Å². The maximum absolute atomic E-state index is 12.5. The van der Waals surface area contributed by atoms with E-state index in [1.807, 2.05) is 37.3 Å². The minimum atomic E-state index is -0.174. The van der Waals surface area contributed by atoms with Crippen LogP contribution in [0.4, 0.5) is 5.69 Å². The second-order valence-electron chi connectivity index (χ2n) is 4.04. The van der Waals surface area contributed by atoms with Crippen molar-refractivity contribution in [3.8, 4) is 11.8 Å². The number of anilines is 1. The van der Waals surface area contributed by atoms with Crippen LogP contribution in [0.5, 0.6) is 0 Å². The topological polar surface area (TPSA) is 40.5 Å². The van der Waals surface area contributed by atoms with Crippen LogP contribution in [0.2, 0.25) is 0 Å². The molecule has 102 valence electrons. The van der Waals surface area contributed by atoms with Crippen molar-refractivity contribution in [2.24, 2.45) is 0 Å². The maximum atomic E-state index is 12.5. The normalized spacial score (nSPS) is 9.70. The van der Waals surface area contributed by atoms with Gasteiger partial charge in [-0.25, -0.2) is 0 Å². The van der Waals surface area contributed by atoms with Crippen LogP contribution in [0.15, 0.2) is 41.8 Å². The van der Waals surface area contributed by atoms with Crippen molar-refractivity contribution in [2.45, 2.75) is 6.92 Å². The van der Waals surface area contributed by atoms with E-state index in [-0.39, 0.29) is 12.5 Å². The van der Waals surface area contributed by atoms with Crippen LogP contribution in [0.1, 0.15) is 22.2 Å². The van der Waals surface area contributed by atoms with Gasteiger partial charge in [0.05, 0.1) is 10.4 Å². The second-order valence-corrected chi connectivity index (χ2v) is 4.96. The summed E-state index contributed by atoms with van der Waals surface area (Å²) in [6.07, 6.45) is 0. The average Bonchev–Trinajstić information content (AvgIpc) is 2.96. The standard InChI is InChI=1S/C16H15NO2S/c1-2-17(14-7-4-3-5-8-14)16(19)13-11-15(20-12-13)9-6-10-18/h3-5,7-8,11-12,18H,2,10H2,1H3. The van der Waals surface area contributed by atoms with Crippen molar-refractivity contribution in [1.82, 2.24) is 0 Å². The van der Waals surface area contributed by atoms with Gasteiger partial charge < -0.3 is 10.0 Å². The Labute approximate surface area is 122 Å². The van der Waals surface area contributed by atoms with Gasteiger partial charge in [0.2, 0.25) is 0 Å². The largest absolute Gasteiger partial charge is 0.384 e. The van der Waals surface area contributed by atoms with Crippen molar-refractivity contribution < 1.29 is 9.90 Å². The van der Waals surface area contributed by atoms with Gasteiger partial charge in [-0.05, 0) is 25.1 Å². The highest BCUT2D eigenvalue weighted by molar-refractivity contribution is 7.10. The van der Waals surface area contributed by atoms with Crippen LogP contribution >= 0.6 is 11.3 Å². The lowest BCUT2D eigenvalue weighted by Crippen LogP contribution is -2.30. The molecule has 1 amide bonds. The second kappa shape index (κ2) is 6.90. The summed E-state index contributed by atoms with van der Waals surface area (Å²) in [5.41, 5.74) is 1.51. The highest BCUT2D eigenvalue weighted by Gasteiger charge is 2.16. The Balaban J connectivity index is 2.23. The first-order chi connectivity index (χ1) is 9.76. The van der Waals surface area contributed by atoms with Crippen molar-refractivity contribution in [3.63, 3.8) is 0 Å². The van der Waals surface area contributed by atoms with Gasteiger partial charge >= 0.3 is 0 Å². The predicted molar refractivity (Wildman–Crippen MR) is 82.1 cm³/mol. The van der Waals surface area contributed by atoms with Gasteiger partial charge in [0.1, 0.15) is 6.61 Å². The molecule has 0 spiro atoms. The molecule has 2 aromatic rings. The molecule has 1 aromatic carbocycles. The van der Waals surface area contributed by atoms with Crippen molar-refractivity contribution >= 4 is 22.9 Å². The fourth-order valence-corrected chi connectivity index (χ4v) is 2.60. The molecule has 1 heterocycles. The van der Waals surface area contributed by atoms with Crippen molar-refractivity contribution in [3.05, 3.63) is 52.2 Å². The molecule has 0 aliphatic rings. The zero-order valence-corrected chi connectivity index (χ0v) is 12.0. The summed E-state index contributed by atoms with van der Waals surface area (Å²) in [4.78, 5) is 15.0. The summed E-state index contributed by atoms with van der Waals surface area (Å²) in [7, 11) is 0. The Hall–Kier alpha value is -2.09. The Morgan fingerprint density at radius 3 is 2.75 bits per heavy atom. The molecule has 0 bridgehead atoms. The van der Waals surface area contributed by atoms with Gasteiger partial charge in [-0.2, -0.15) is 0 Å². The predicted octanol–water partition coefficient (Wildman–Crippen LogP) is 2.76. The maximum Gasteiger partial charge on any atom is 0.259 e. The Kier molecular flexibility index (Phi) is 4.94. The highest BCUT2D eigenvalue weighted by atomic mass is 32.1. The Morgan fingerprint density at radius 2 is 2.10 bits per heavy atom. The minimum absolute atomic E-state index is 0.0352. The number of hydrogen-bond acceptors (Lipinski definition) is 3. The van der Waals surface area contributed by atoms with E-state index in [1.54, 1.807) is 16.3 Å². The van der Waals surface area contributed by atoms with E-state index < -0.39 is 0 Å². The summed E-state index contributed by atoms with van der Waals surface area (Å²) in [5, 5.41) is 10.5. The first kappa shape index (κ1) is 14.3. The number of benzene rings is 1. The first-order valence-electron chi connectivity index (χ1n) is 6.31. The SMILES string of the molecule is CCN(C(=O)c1csc(C#CCO)c1)c1ccccc1. The number of nitrogens with zero attached hydrogens (tertiary/aromatic N) is 1. The summed E-state index contributed by atoms with van der Waals surface area (Å²) < 4.78 is 0. The molecule has 0 fully saturated rings. The summed E-state index contributed by atoms with van der Waals surface area (Å²) in [6, 6.07) is 11.4. The number of carbonyl (C=O) groups excluding carboxylic acids is 1. The van der Waals surface area contributed by atoms with Crippen LogP contribution in [-0.2, 0) is 0 Å². The molecule has 0 saturated heterocycles. The first-order valence-corrected chi connectivity index (χ1v) is 7.19. The van der Waals surface area contributed by atoms with E-state index in [0.29, 0.717) is 12.1 Å². The number of amides is 1. The fraction of sp³-hybridized carbons (Fsp3) is 0.188. The van der Waals surface area contributed by atoms with Crippen LogP contribution < -0.4 is 4.90 Å². The number of aliphatic hydroxyl groups excluding tert-OH is 1. The van der Waals surface area contributed by atoms with Gasteiger partial charge in [0.25, 0.3) is 5.91 Å². The van der Waals surface area contributed by atoms with Crippen LogP contribution in [0, 0.1) is 11.8 Å². The number of aliphatic hydroxyl groups is 1. The van der Waals surface area contributed by atoms with E-state index >= 15 is 0 Å². The summed E-state index contributed by atoms with van der Waals surface area (Å²) in [6.45, 7) is 2.38. The molecule has 0 radical (unpaired) electrons. The van der Waals surface area contributed by atoms with E-state index in [0.717, 1.165) is 10.6 Å². The van der Waals surface area contributed by atoms with Gasteiger partial charge in [-0.1, -0.05) is 30.0 Å². The molecular formula is C16H15NO2S. The molecule has 20 heavy (non-hydrogen) atoms. The third-order valence-corrected chi connectivity index (χ3v) is 3.61. The Morgan fingerprint density at radius 1 is 1.35 bits per heavy atom. The van der Waals surface area contributed by atoms with Crippen molar-refractivity contribution in [2.75, 3.05) is 18.1 Å². The number of carbonyl (C=O) groups is 1. The van der Waals surface area contributed by atoms with Gasteiger partial charge in [0.15, 0.2) is 0 Å². The molecule has 4 heteroatoms. The molecule has 0 atom stereocenters. The van der Waals surface area contributed by atoms with E-state index in [9.17, 15) is 4.79 Å². The van der Waals surface area contributed by atoms with Crippen molar-refractivity contribution in [1.29, 1.82) is 0 Å². The third kappa shape index (κ3) is 3.27. The number of hydrogen-bond donors (Lipinski definition) is 1. The number of thiophene rings is 1. The molecule has 2 rings (SSSR count). The molecule has 3 nitrogen and oxygen atoms in total. The average molecular weight is 285 g/mol. The highest BCUT2D eigenvalue weighted by Crippen LogP contribution is 2.20. The lowest BCUT2D eigenvalue weighted by molar-refractivity contribution is 0.0988. The monoisotopic (exact) mass is 285 g/mol. The molecule has 1 aromatic heterocycles. The molecule has 0 aliphatic carbocycles. The van der Waals surface area contributed by atoms with Crippen LogP contribution in [0.25, 0.3) is 0 Å². The van der Waals surface area contributed by atoms with E-state index in [4.69, 9.17) is 5.11 Å². The van der Waals surface area contributed by atoms with Gasteiger partial charge in [-0.3, -0.25) is 4.79 Å². The molecule has 0 saturated carbocycles. The summed E-state index contributed by atoms with van der Waals surface area (Å²) >= 11 is 1.41. The van der Waals surface area contributed by atoms with Gasteiger partial charge in [0, 0.05) is 17.6 Å². The molecule has 1 N–H and O–H groups in total. The molecule has 0 unspecified atom stereocenters. The molecular weight excluding hydrogens is 270 g/mol. The zero-order chi connectivity index (χ0) is 14.4. The smallest absolute Gasteiger partial charge is 0.259 e.